The number of carboxylic acids is 2. The number of pyridine rings is 1. The molecule has 1 fully saturated rings. The van der Waals surface area contributed by atoms with Crippen LogP contribution in [0.5, 0.6) is 0 Å². The van der Waals surface area contributed by atoms with E-state index in [1.807, 2.05) is 12.1 Å². The highest BCUT2D eigenvalue weighted by molar-refractivity contribution is 5.73. The van der Waals surface area contributed by atoms with E-state index in [1.165, 1.54) is 12.1 Å². The molecule has 0 spiro atoms. The Kier molecular flexibility index (Phi) is 11.1. The molecular formula is C23H22F8N6O4. The Hall–Kier alpha value is -4.35. The van der Waals surface area contributed by atoms with Gasteiger partial charge < -0.3 is 15.9 Å². The molecule has 0 atom stereocenters. The molecule has 1 aliphatic rings. The van der Waals surface area contributed by atoms with Crippen molar-refractivity contribution in [3.8, 4) is 11.3 Å². The summed E-state index contributed by atoms with van der Waals surface area (Å²) in [6, 6.07) is 7.48. The maximum Gasteiger partial charge on any atom is 0.490 e. The number of nitrogen functional groups attached to an aromatic ring is 1. The Bertz CT molecular complexity index is 1280. The summed E-state index contributed by atoms with van der Waals surface area (Å²) in [6.07, 6.45) is -4.88. The molecule has 0 saturated carbocycles. The number of halogens is 8. The molecule has 224 valence electrons. The summed E-state index contributed by atoms with van der Waals surface area (Å²) in [5, 5.41) is 22.5. The number of carbonyl (C=O) groups is 2. The van der Waals surface area contributed by atoms with E-state index in [9.17, 15) is 35.1 Å². The summed E-state index contributed by atoms with van der Waals surface area (Å²) in [5.41, 5.74) is 7.82. The molecular weight excluding hydrogens is 576 g/mol. The van der Waals surface area contributed by atoms with Gasteiger partial charge in [0.25, 0.3) is 0 Å². The van der Waals surface area contributed by atoms with Crippen LogP contribution in [0.25, 0.3) is 11.3 Å². The number of benzene rings is 1. The third kappa shape index (κ3) is 10.6. The lowest BCUT2D eigenvalue weighted by atomic mass is 10.0. The Morgan fingerprint density at radius 1 is 0.951 bits per heavy atom. The molecule has 41 heavy (non-hydrogen) atoms. The summed E-state index contributed by atoms with van der Waals surface area (Å²) in [7, 11) is 0. The number of anilines is 1. The second-order valence-electron chi connectivity index (χ2n) is 8.40. The zero-order valence-corrected chi connectivity index (χ0v) is 20.7. The maximum atomic E-state index is 13.4. The predicted octanol–water partition coefficient (Wildman–Crippen LogP) is 4.30. The lowest BCUT2D eigenvalue weighted by Crippen LogP contribution is -2.34. The molecule has 1 aliphatic heterocycles. The van der Waals surface area contributed by atoms with E-state index in [1.54, 1.807) is 17.1 Å². The fraction of sp³-hybridized carbons (Fsp3) is 0.348. The van der Waals surface area contributed by atoms with E-state index in [-0.39, 0.29) is 6.04 Å². The van der Waals surface area contributed by atoms with Crippen molar-refractivity contribution >= 4 is 17.8 Å². The maximum absolute atomic E-state index is 13.4. The summed E-state index contributed by atoms with van der Waals surface area (Å²) in [5.74, 6) is -6.19. The third-order valence-electron chi connectivity index (χ3n) is 5.40. The van der Waals surface area contributed by atoms with E-state index < -0.39 is 35.9 Å². The Morgan fingerprint density at radius 2 is 1.46 bits per heavy atom. The van der Waals surface area contributed by atoms with Gasteiger partial charge in [-0.15, -0.1) is 5.10 Å². The van der Waals surface area contributed by atoms with Crippen LogP contribution >= 0.6 is 0 Å². The molecule has 0 amide bonds. The number of carboxylic acid groups (broad SMARTS) is 2. The van der Waals surface area contributed by atoms with E-state index >= 15 is 0 Å². The van der Waals surface area contributed by atoms with Gasteiger partial charge in [-0.05, 0) is 31.0 Å². The largest absolute Gasteiger partial charge is 0.490 e. The molecule has 1 aromatic carbocycles. The highest BCUT2D eigenvalue weighted by Gasteiger charge is 2.38. The van der Waals surface area contributed by atoms with Gasteiger partial charge in [-0.2, -0.15) is 26.3 Å². The van der Waals surface area contributed by atoms with Gasteiger partial charge in [0.1, 0.15) is 23.1 Å². The number of aliphatic carboxylic acids is 2. The van der Waals surface area contributed by atoms with Gasteiger partial charge in [-0.1, -0.05) is 11.3 Å². The molecule has 0 unspecified atom stereocenters. The van der Waals surface area contributed by atoms with Crippen LogP contribution in [0.15, 0.2) is 42.7 Å². The first-order chi connectivity index (χ1) is 19.0. The lowest BCUT2D eigenvalue weighted by molar-refractivity contribution is -0.193. The fourth-order valence-corrected chi connectivity index (χ4v) is 3.46. The summed E-state index contributed by atoms with van der Waals surface area (Å²) >= 11 is 0. The molecule has 0 aliphatic carbocycles. The number of nitrogens with zero attached hydrogens (tertiary/aromatic N) is 5. The second-order valence-corrected chi connectivity index (χ2v) is 8.40. The molecule has 0 bridgehead atoms. The van der Waals surface area contributed by atoms with E-state index in [4.69, 9.17) is 25.5 Å². The molecule has 1 saturated heterocycles. The zero-order valence-electron chi connectivity index (χ0n) is 20.7. The monoisotopic (exact) mass is 598 g/mol. The smallest absolute Gasteiger partial charge is 0.475 e. The standard InChI is InChI=1S/C19H20F2N6.2C2HF3O2/c20-15-8-14(9-16(21)10-15)18-12-27(25-24-18)17-3-6-26(7-4-17)11-13-2-1-5-23-19(13)22;2*3-2(4,5)1(6)7/h1-2,5,8-10,12,17H,3-4,6-7,11H2,(H2,22,23);2*(H,6,7). The summed E-state index contributed by atoms with van der Waals surface area (Å²) in [4.78, 5) is 24.3. The second kappa shape index (κ2) is 13.8. The number of alkyl halides is 6. The van der Waals surface area contributed by atoms with E-state index in [0.717, 1.165) is 44.1 Å². The van der Waals surface area contributed by atoms with Gasteiger partial charge in [0.05, 0.1) is 12.2 Å². The number of nitrogens with two attached hydrogens (primary N) is 1. The SMILES string of the molecule is Nc1ncccc1CN1CCC(n2cc(-c3cc(F)cc(F)c3)nn2)CC1.O=C(O)C(F)(F)F.O=C(O)C(F)(F)F. The van der Waals surface area contributed by atoms with Gasteiger partial charge in [0, 0.05) is 43.0 Å². The lowest BCUT2D eigenvalue weighted by Gasteiger charge is -2.31. The van der Waals surface area contributed by atoms with Crippen molar-refractivity contribution in [2.24, 2.45) is 0 Å². The van der Waals surface area contributed by atoms with E-state index in [2.05, 4.69) is 20.2 Å². The Morgan fingerprint density at radius 3 is 1.93 bits per heavy atom. The number of rotatable bonds is 4. The van der Waals surface area contributed by atoms with Gasteiger partial charge in [0.15, 0.2) is 0 Å². The molecule has 0 radical (unpaired) electrons. The third-order valence-corrected chi connectivity index (χ3v) is 5.40. The van der Waals surface area contributed by atoms with Crippen LogP contribution in [0, 0.1) is 11.6 Å². The number of piperidine rings is 1. The van der Waals surface area contributed by atoms with Gasteiger partial charge >= 0.3 is 24.3 Å². The van der Waals surface area contributed by atoms with E-state index in [0.29, 0.717) is 17.1 Å². The Balaban J connectivity index is 0.000000349. The fourth-order valence-electron chi connectivity index (χ4n) is 3.46. The zero-order chi connectivity index (χ0) is 31.0. The predicted molar refractivity (Wildman–Crippen MR) is 125 cm³/mol. The average molecular weight is 598 g/mol. The van der Waals surface area contributed by atoms with Gasteiger partial charge in [-0.3, -0.25) is 4.90 Å². The minimum absolute atomic E-state index is 0.215. The van der Waals surface area contributed by atoms with Crippen LogP contribution < -0.4 is 5.73 Å². The minimum atomic E-state index is -5.08. The summed E-state index contributed by atoms with van der Waals surface area (Å²) < 4.78 is 92.1. The van der Waals surface area contributed by atoms with Crippen molar-refractivity contribution < 1.29 is 54.9 Å². The van der Waals surface area contributed by atoms with Crippen LogP contribution in [0.1, 0.15) is 24.4 Å². The van der Waals surface area contributed by atoms with Crippen molar-refractivity contribution in [3.63, 3.8) is 0 Å². The molecule has 10 nitrogen and oxygen atoms in total. The molecule has 18 heteroatoms. The molecule has 3 heterocycles. The van der Waals surface area contributed by atoms with Crippen molar-refractivity contribution in [2.75, 3.05) is 18.8 Å². The first-order valence-corrected chi connectivity index (χ1v) is 11.4. The first-order valence-electron chi connectivity index (χ1n) is 11.4. The van der Waals surface area contributed by atoms with Gasteiger partial charge in [-0.25, -0.2) is 28.0 Å². The van der Waals surface area contributed by atoms with Crippen LogP contribution in [-0.2, 0) is 16.1 Å². The first kappa shape index (κ1) is 32.9. The minimum Gasteiger partial charge on any atom is -0.475 e. The van der Waals surface area contributed by atoms with Crippen molar-refractivity contribution in [1.29, 1.82) is 0 Å². The van der Waals surface area contributed by atoms with Crippen LogP contribution in [0.2, 0.25) is 0 Å². The van der Waals surface area contributed by atoms with Crippen LogP contribution in [-0.4, -0.2) is 72.5 Å². The van der Waals surface area contributed by atoms with Gasteiger partial charge in [0.2, 0.25) is 0 Å². The topological polar surface area (TPSA) is 147 Å². The van der Waals surface area contributed by atoms with Crippen LogP contribution in [0.3, 0.4) is 0 Å². The van der Waals surface area contributed by atoms with Crippen molar-refractivity contribution in [1.82, 2.24) is 24.9 Å². The number of hydrogen-bond acceptors (Lipinski definition) is 7. The molecule has 2 aromatic heterocycles. The van der Waals surface area contributed by atoms with Crippen LogP contribution in [0.4, 0.5) is 40.9 Å². The van der Waals surface area contributed by atoms with Crippen molar-refractivity contribution in [3.05, 3.63) is 59.9 Å². The average Bonchev–Trinajstić information content (AvgIpc) is 3.35. The quantitative estimate of drug-likeness (QED) is 0.374. The van der Waals surface area contributed by atoms with Crippen molar-refractivity contribution in [2.45, 2.75) is 37.8 Å². The highest BCUT2D eigenvalue weighted by Crippen LogP contribution is 2.26. The number of hydrogen-bond donors (Lipinski definition) is 3. The molecule has 4 N–H and O–H groups in total. The molecule has 3 aromatic rings. The highest BCUT2D eigenvalue weighted by atomic mass is 19.4. The summed E-state index contributed by atoms with van der Waals surface area (Å²) in [6.45, 7) is 2.59. The number of aromatic nitrogens is 4. The Labute approximate surface area is 226 Å². The number of likely N-dealkylation sites (tertiary alicyclic amines) is 1. The normalized spacial score (nSPS) is 14.3. The molecule has 4 rings (SSSR count).